The predicted molar refractivity (Wildman–Crippen MR) is 159 cm³/mol. The van der Waals surface area contributed by atoms with Crippen molar-refractivity contribution in [2.45, 2.75) is 25.9 Å². The minimum absolute atomic E-state index is 0.0231. The quantitative estimate of drug-likeness (QED) is 0.378. The number of para-hydroxylation sites is 2. The van der Waals surface area contributed by atoms with Gasteiger partial charge in [0.1, 0.15) is 23.4 Å². The summed E-state index contributed by atoms with van der Waals surface area (Å²) in [5.41, 5.74) is 2.80. The number of hydrogen-bond acceptors (Lipinski definition) is 8. The average molecular weight is 572 g/mol. The van der Waals surface area contributed by atoms with Crippen molar-refractivity contribution >= 4 is 51.9 Å². The number of anilines is 1. The van der Waals surface area contributed by atoms with Gasteiger partial charge >= 0.3 is 0 Å². The Hall–Kier alpha value is -4.64. The predicted octanol–water partition coefficient (Wildman–Crippen LogP) is 4.13. The van der Waals surface area contributed by atoms with Gasteiger partial charge in [0.2, 0.25) is 11.8 Å². The van der Waals surface area contributed by atoms with Crippen LogP contribution < -0.4 is 20.1 Å². The number of carbonyl (C=O) groups is 3. The first-order chi connectivity index (χ1) is 20.0. The summed E-state index contributed by atoms with van der Waals surface area (Å²) in [6.45, 7) is 2.72. The van der Waals surface area contributed by atoms with E-state index in [1.165, 1.54) is 4.90 Å². The zero-order chi connectivity index (χ0) is 28.8. The molecule has 11 heteroatoms. The number of carbonyl (C=O) groups excluding carboxylic acids is 3. The molecule has 2 heterocycles. The number of amides is 3. The lowest BCUT2D eigenvalue weighted by Crippen LogP contribution is -2.42. The van der Waals surface area contributed by atoms with Crippen LogP contribution in [0.2, 0.25) is 0 Å². The molecule has 0 bridgehead atoms. The number of hydrogen-bond donors (Lipinski definition) is 2. The van der Waals surface area contributed by atoms with Crippen molar-refractivity contribution in [2.75, 3.05) is 24.8 Å². The van der Waals surface area contributed by atoms with Gasteiger partial charge in [0.05, 0.1) is 31.6 Å². The summed E-state index contributed by atoms with van der Waals surface area (Å²) < 4.78 is 10.8. The number of methoxy groups -OCH3 is 1. The lowest BCUT2D eigenvalue weighted by molar-refractivity contribution is -0.128. The molecule has 0 fully saturated rings. The van der Waals surface area contributed by atoms with E-state index in [0.717, 1.165) is 23.1 Å². The first kappa shape index (κ1) is 27.9. The minimum atomic E-state index is -0.905. The maximum Gasteiger partial charge on any atom is 0.259 e. The van der Waals surface area contributed by atoms with Crippen LogP contribution in [0.1, 0.15) is 24.5 Å². The van der Waals surface area contributed by atoms with E-state index in [-0.39, 0.29) is 36.4 Å². The molecule has 210 valence electrons. The highest BCUT2D eigenvalue weighted by atomic mass is 32.2. The van der Waals surface area contributed by atoms with E-state index >= 15 is 0 Å². The van der Waals surface area contributed by atoms with Crippen LogP contribution in [0.25, 0.3) is 0 Å². The van der Waals surface area contributed by atoms with Crippen molar-refractivity contribution in [2.24, 2.45) is 9.98 Å². The van der Waals surface area contributed by atoms with Gasteiger partial charge in [-0.25, -0.2) is 9.89 Å². The van der Waals surface area contributed by atoms with Crippen molar-refractivity contribution in [1.82, 2.24) is 10.2 Å². The second-order valence-electron chi connectivity index (χ2n) is 9.14. The fourth-order valence-corrected chi connectivity index (χ4v) is 5.25. The molecule has 3 aromatic rings. The number of rotatable bonds is 10. The molecule has 2 aliphatic rings. The number of nitrogens with zero attached hydrogens (tertiary/aromatic N) is 3. The maximum atomic E-state index is 13.5. The van der Waals surface area contributed by atoms with Gasteiger partial charge in [0.15, 0.2) is 5.17 Å². The van der Waals surface area contributed by atoms with Crippen LogP contribution in [0.5, 0.6) is 11.5 Å². The smallest absolute Gasteiger partial charge is 0.259 e. The number of thioether (sulfide) groups is 1. The zero-order valence-corrected chi connectivity index (χ0v) is 23.4. The van der Waals surface area contributed by atoms with Crippen molar-refractivity contribution < 1.29 is 23.9 Å². The molecule has 0 saturated carbocycles. The second-order valence-corrected chi connectivity index (χ2v) is 10.1. The van der Waals surface area contributed by atoms with Gasteiger partial charge in [-0.2, -0.15) is 0 Å². The largest absolute Gasteiger partial charge is 0.496 e. The summed E-state index contributed by atoms with van der Waals surface area (Å²) >= 11 is 1.14. The highest BCUT2D eigenvalue weighted by molar-refractivity contribution is 8.14. The normalized spacial score (nSPS) is 15.3. The molecular weight excluding hydrogens is 542 g/mol. The van der Waals surface area contributed by atoms with Gasteiger partial charge < -0.3 is 20.1 Å². The van der Waals surface area contributed by atoms with Gasteiger partial charge in [-0.15, -0.1) is 0 Å². The Morgan fingerprint density at radius 1 is 1.00 bits per heavy atom. The zero-order valence-electron chi connectivity index (χ0n) is 22.6. The first-order valence-electron chi connectivity index (χ1n) is 13.1. The lowest BCUT2D eigenvalue weighted by atomic mass is 10.1. The Morgan fingerprint density at radius 2 is 1.76 bits per heavy atom. The fraction of sp³-hybridized carbons (Fsp3) is 0.233. The highest BCUT2D eigenvalue weighted by Gasteiger charge is 2.42. The third-order valence-corrected chi connectivity index (χ3v) is 7.32. The summed E-state index contributed by atoms with van der Waals surface area (Å²) in [7, 11) is 1.57. The Kier molecular flexibility index (Phi) is 8.64. The maximum absolute atomic E-state index is 13.5. The van der Waals surface area contributed by atoms with Gasteiger partial charge in [-0.05, 0) is 49.4 Å². The number of amidine groups is 2. The van der Waals surface area contributed by atoms with Gasteiger partial charge in [0.25, 0.3) is 5.91 Å². The molecule has 3 amide bonds. The second kappa shape index (κ2) is 12.7. The molecule has 0 aromatic heterocycles. The summed E-state index contributed by atoms with van der Waals surface area (Å²) in [5.74, 6) is 0.916. The Morgan fingerprint density at radius 3 is 2.54 bits per heavy atom. The van der Waals surface area contributed by atoms with E-state index in [0.29, 0.717) is 40.3 Å². The van der Waals surface area contributed by atoms with Crippen LogP contribution in [-0.2, 0) is 20.9 Å². The van der Waals surface area contributed by atoms with Crippen molar-refractivity contribution in [3.8, 4) is 11.5 Å². The third-order valence-electron chi connectivity index (χ3n) is 6.38. The molecule has 1 unspecified atom stereocenters. The molecule has 1 atom stereocenters. The molecule has 2 aliphatic heterocycles. The molecule has 0 saturated heterocycles. The number of fused-ring (bicyclic) bond motifs is 3. The Labute approximate surface area is 241 Å². The van der Waals surface area contributed by atoms with Crippen LogP contribution in [0.3, 0.4) is 0 Å². The number of ether oxygens (including phenoxy) is 2. The van der Waals surface area contributed by atoms with Crippen molar-refractivity contribution in [3.63, 3.8) is 0 Å². The van der Waals surface area contributed by atoms with Gasteiger partial charge in [-0.3, -0.25) is 19.4 Å². The van der Waals surface area contributed by atoms with E-state index in [2.05, 4.69) is 20.6 Å². The highest BCUT2D eigenvalue weighted by Crippen LogP contribution is 2.34. The number of benzene rings is 3. The summed E-state index contributed by atoms with van der Waals surface area (Å²) in [6.07, 6.45) is -0.119. The molecular formula is C30H29N5O5S. The molecule has 10 nitrogen and oxygen atoms in total. The molecule has 41 heavy (non-hydrogen) atoms. The van der Waals surface area contributed by atoms with Gasteiger partial charge in [0, 0.05) is 23.4 Å². The summed E-state index contributed by atoms with van der Waals surface area (Å²) in [6, 6.07) is 20.9. The van der Waals surface area contributed by atoms with Crippen LogP contribution in [0.4, 0.5) is 11.4 Å². The summed E-state index contributed by atoms with van der Waals surface area (Å²) in [5, 5.41) is 6.04. The van der Waals surface area contributed by atoms with E-state index in [1.54, 1.807) is 31.4 Å². The Balaban J connectivity index is 1.25. The first-order valence-corrected chi connectivity index (χ1v) is 14.1. The van der Waals surface area contributed by atoms with Crippen LogP contribution in [0.15, 0.2) is 82.8 Å². The van der Waals surface area contributed by atoms with Crippen LogP contribution in [-0.4, -0.2) is 59.1 Å². The molecule has 3 aromatic carbocycles. The Bertz CT molecular complexity index is 1520. The molecule has 2 N–H and O–H groups in total. The van der Waals surface area contributed by atoms with Crippen LogP contribution in [0, 0.1) is 0 Å². The molecule has 0 radical (unpaired) electrons. The standard InChI is InChI=1S/C30H29N5O5S/c1-3-40-21-14-12-20(13-15-21)32-27(37)18-41-30-34-23-10-6-5-9-22(23)28-33-24(29(38)35(28)30)16-26(36)31-17-19-8-4-7-11-25(19)39-2/h4-15,24H,3,16-18H2,1-2H3,(H,31,36)(H,32,37). The van der Waals surface area contributed by atoms with E-state index in [4.69, 9.17) is 9.47 Å². The monoisotopic (exact) mass is 571 g/mol. The number of aliphatic imine (C=N–C) groups is 2. The number of nitrogens with one attached hydrogen (secondary N) is 2. The van der Waals surface area contributed by atoms with Crippen LogP contribution >= 0.6 is 11.8 Å². The fourth-order valence-electron chi connectivity index (χ4n) is 4.45. The molecule has 0 spiro atoms. The van der Waals surface area contributed by atoms with Crippen molar-refractivity contribution in [1.29, 1.82) is 0 Å². The molecule has 5 rings (SSSR count). The van der Waals surface area contributed by atoms with Gasteiger partial charge in [-0.1, -0.05) is 42.1 Å². The minimum Gasteiger partial charge on any atom is -0.496 e. The SMILES string of the molecule is CCOc1ccc(NC(=O)CSC2=Nc3ccccc3C3=NC(CC(=O)NCc4ccccc4OC)C(=O)N23)cc1. The van der Waals surface area contributed by atoms with Crippen molar-refractivity contribution in [3.05, 3.63) is 83.9 Å². The topological polar surface area (TPSA) is 122 Å². The van der Waals surface area contributed by atoms with E-state index in [9.17, 15) is 14.4 Å². The average Bonchev–Trinajstić information content (AvgIpc) is 3.32. The van der Waals surface area contributed by atoms with E-state index < -0.39 is 6.04 Å². The summed E-state index contributed by atoms with van der Waals surface area (Å²) in [4.78, 5) is 49.7. The van der Waals surface area contributed by atoms with E-state index in [1.807, 2.05) is 55.5 Å². The third kappa shape index (κ3) is 6.41. The lowest BCUT2D eigenvalue weighted by Gasteiger charge is -2.25. The molecule has 0 aliphatic carbocycles.